The summed E-state index contributed by atoms with van der Waals surface area (Å²) < 4.78 is 0. The van der Waals surface area contributed by atoms with Crippen LogP contribution >= 0.6 is 0 Å². The molecule has 0 aliphatic carbocycles. The molecule has 2 atom stereocenters. The molecule has 16 heavy (non-hydrogen) atoms. The minimum atomic E-state index is -0.626. The van der Waals surface area contributed by atoms with E-state index in [9.17, 15) is 9.59 Å². The van der Waals surface area contributed by atoms with Crippen LogP contribution in [0.4, 0.5) is 0 Å². The van der Waals surface area contributed by atoms with Crippen LogP contribution in [-0.4, -0.2) is 31.1 Å². The van der Waals surface area contributed by atoms with Crippen LogP contribution < -0.4 is 11.1 Å². The van der Waals surface area contributed by atoms with Gasteiger partial charge in [-0.1, -0.05) is 20.3 Å². The highest BCUT2D eigenvalue weighted by Crippen LogP contribution is 2.06. The summed E-state index contributed by atoms with van der Waals surface area (Å²) in [6.45, 7) is 7.50. The van der Waals surface area contributed by atoms with Crippen LogP contribution in [-0.2, 0) is 9.59 Å². The van der Waals surface area contributed by atoms with Crippen LogP contribution in [0.1, 0.15) is 33.1 Å². The van der Waals surface area contributed by atoms with Crippen molar-refractivity contribution in [3.8, 4) is 0 Å². The van der Waals surface area contributed by atoms with Gasteiger partial charge in [-0.25, -0.2) is 4.99 Å². The number of nitrogens with two attached hydrogens (primary N) is 1. The van der Waals surface area contributed by atoms with Gasteiger partial charge in [0.2, 0.25) is 5.91 Å². The molecule has 0 saturated heterocycles. The lowest BCUT2D eigenvalue weighted by atomic mass is 10.0. The Morgan fingerprint density at radius 1 is 1.50 bits per heavy atom. The Balaban J connectivity index is 4.23. The lowest BCUT2D eigenvalue weighted by molar-refractivity contribution is -0.127. The van der Waals surface area contributed by atoms with Gasteiger partial charge in [0.15, 0.2) is 0 Å². The van der Waals surface area contributed by atoms with E-state index in [2.05, 4.69) is 17.0 Å². The second-order valence-corrected chi connectivity index (χ2v) is 3.91. The van der Waals surface area contributed by atoms with E-state index in [0.717, 1.165) is 6.42 Å². The summed E-state index contributed by atoms with van der Waals surface area (Å²) in [6, 6.07) is -0.626. The number of amides is 2. The Hall–Kier alpha value is -1.23. The van der Waals surface area contributed by atoms with Crippen molar-refractivity contribution in [2.24, 2.45) is 16.6 Å². The van der Waals surface area contributed by atoms with Crippen LogP contribution in [0.2, 0.25) is 0 Å². The summed E-state index contributed by atoms with van der Waals surface area (Å²) in [5.41, 5.74) is 5.36. The number of hydrogen-bond donors (Lipinski definition) is 2. The summed E-state index contributed by atoms with van der Waals surface area (Å²) in [6.07, 6.45) is 1.74. The Kier molecular flexibility index (Phi) is 7.37. The van der Waals surface area contributed by atoms with Crippen molar-refractivity contribution in [2.45, 2.75) is 39.2 Å². The molecular weight excluding hydrogens is 206 g/mol. The molecule has 3 N–H and O–H groups in total. The first kappa shape index (κ1) is 14.8. The summed E-state index contributed by atoms with van der Waals surface area (Å²) in [5.74, 6) is -0.252. The lowest BCUT2D eigenvalue weighted by Gasteiger charge is -2.15. The fourth-order valence-corrected chi connectivity index (χ4v) is 1.25. The van der Waals surface area contributed by atoms with Crippen LogP contribution in [0, 0.1) is 5.92 Å². The fraction of sp³-hybridized carbons (Fsp3) is 0.727. The lowest BCUT2D eigenvalue weighted by Crippen LogP contribution is -2.41. The van der Waals surface area contributed by atoms with Gasteiger partial charge in [0.1, 0.15) is 6.04 Å². The third-order valence-electron chi connectivity index (χ3n) is 2.48. The van der Waals surface area contributed by atoms with Gasteiger partial charge >= 0.3 is 0 Å². The molecule has 0 heterocycles. The zero-order valence-corrected chi connectivity index (χ0v) is 10.0. The minimum absolute atomic E-state index is 0.134. The fourth-order valence-electron chi connectivity index (χ4n) is 1.25. The van der Waals surface area contributed by atoms with E-state index in [-0.39, 0.29) is 5.91 Å². The number of hydrogen-bond acceptors (Lipinski definition) is 3. The van der Waals surface area contributed by atoms with Crippen LogP contribution in [0.25, 0.3) is 0 Å². The van der Waals surface area contributed by atoms with E-state index in [1.807, 2.05) is 13.8 Å². The maximum atomic E-state index is 11.6. The van der Waals surface area contributed by atoms with Crippen molar-refractivity contribution in [1.29, 1.82) is 0 Å². The van der Waals surface area contributed by atoms with Crippen molar-refractivity contribution in [1.82, 2.24) is 5.32 Å². The highest BCUT2D eigenvalue weighted by atomic mass is 16.2. The number of rotatable bonds is 7. The Bertz CT molecular complexity index is 254. The van der Waals surface area contributed by atoms with Crippen LogP contribution in [0.3, 0.4) is 0 Å². The molecule has 0 aromatic heterocycles. The largest absolute Gasteiger partial charge is 0.344 e. The first-order valence-electron chi connectivity index (χ1n) is 5.55. The topological polar surface area (TPSA) is 84.6 Å². The molecule has 92 valence electrons. The van der Waals surface area contributed by atoms with Crippen LogP contribution in [0.15, 0.2) is 4.99 Å². The number of nitrogens with zero attached hydrogens (tertiary/aromatic N) is 1. The monoisotopic (exact) mass is 227 g/mol. The SMILES string of the molecule is C=NC(=O)[C@H](CCN)NC(=O)C[C@@H](C)CC. The highest BCUT2D eigenvalue weighted by Gasteiger charge is 2.19. The Labute approximate surface area is 96.5 Å². The molecule has 0 aliphatic rings. The van der Waals surface area contributed by atoms with Crippen molar-refractivity contribution < 1.29 is 9.59 Å². The van der Waals surface area contributed by atoms with Crippen molar-refractivity contribution in [3.05, 3.63) is 0 Å². The maximum absolute atomic E-state index is 11.6. The van der Waals surface area contributed by atoms with Gasteiger partial charge in [0.25, 0.3) is 5.91 Å². The molecule has 0 spiro atoms. The zero-order valence-electron chi connectivity index (χ0n) is 10.0. The first-order chi connectivity index (χ1) is 7.54. The number of nitrogens with one attached hydrogen (secondary N) is 1. The predicted molar refractivity (Wildman–Crippen MR) is 64.2 cm³/mol. The number of aliphatic imine (C=N–C) groups is 1. The molecule has 0 rings (SSSR count). The first-order valence-corrected chi connectivity index (χ1v) is 5.55. The standard InChI is InChI=1S/C11H21N3O2/c1-4-8(2)7-10(15)14-9(5-6-12)11(16)13-3/h8-9H,3-7,12H2,1-2H3,(H,14,15)/t8-,9-/m0/s1. The zero-order chi connectivity index (χ0) is 12.6. The van der Waals surface area contributed by atoms with E-state index in [4.69, 9.17) is 5.73 Å². The normalized spacial score (nSPS) is 13.9. The summed E-state index contributed by atoms with van der Waals surface area (Å²) >= 11 is 0. The minimum Gasteiger partial charge on any atom is -0.344 e. The van der Waals surface area contributed by atoms with E-state index in [1.165, 1.54) is 0 Å². The molecule has 0 aromatic carbocycles. The second kappa shape index (κ2) is 7.98. The Morgan fingerprint density at radius 2 is 2.12 bits per heavy atom. The van der Waals surface area contributed by atoms with E-state index >= 15 is 0 Å². The Morgan fingerprint density at radius 3 is 2.56 bits per heavy atom. The van der Waals surface area contributed by atoms with Crippen molar-refractivity contribution in [2.75, 3.05) is 6.54 Å². The van der Waals surface area contributed by atoms with Gasteiger partial charge in [-0.2, -0.15) is 0 Å². The summed E-state index contributed by atoms with van der Waals surface area (Å²) in [7, 11) is 0. The molecule has 2 amide bonds. The molecule has 0 aromatic rings. The van der Waals surface area contributed by atoms with Gasteiger partial charge in [0, 0.05) is 6.42 Å². The third kappa shape index (κ3) is 5.60. The van der Waals surface area contributed by atoms with E-state index < -0.39 is 11.9 Å². The van der Waals surface area contributed by atoms with Gasteiger partial charge in [-0.3, -0.25) is 9.59 Å². The molecule has 5 heteroatoms. The molecule has 0 unspecified atom stereocenters. The smallest absolute Gasteiger partial charge is 0.267 e. The molecular formula is C11H21N3O2. The molecule has 0 radical (unpaired) electrons. The van der Waals surface area contributed by atoms with Crippen molar-refractivity contribution in [3.63, 3.8) is 0 Å². The number of carbonyl (C=O) groups excluding carboxylic acids is 2. The van der Waals surface area contributed by atoms with E-state index in [0.29, 0.717) is 25.3 Å². The van der Waals surface area contributed by atoms with Crippen LogP contribution in [0.5, 0.6) is 0 Å². The van der Waals surface area contributed by atoms with Crippen molar-refractivity contribution >= 4 is 18.5 Å². The second-order valence-electron chi connectivity index (χ2n) is 3.91. The summed E-state index contributed by atoms with van der Waals surface area (Å²) in [4.78, 5) is 26.1. The average molecular weight is 227 g/mol. The van der Waals surface area contributed by atoms with Gasteiger partial charge in [-0.15, -0.1) is 0 Å². The molecule has 0 fully saturated rings. The quantitative estimate of drug-likeness (QED) is 0.620. The van der Waals surface area contributed by atoms with Gasteiger partial charge in [-0.05, 0) is 25.6 Å². The molecule has 0 saturated carbocycles. The van der Waals surface area contributed by atoms with E-state index in [1.54, 1.807) is 0 Å². The maximum Gasteiger partial charge on any atom is 0.267 e. The van der Waals surface area contributed by atoms with Gasteiger partial charge in [0.05, 0.1) is 0 Å². The summed E-state index contributed by atoms with van der Waals surface area (Å²) in [5, 5.41) is 2.63. The highest BCUT2D eigenvalue weighted by molar-refractivity contribution is 5.90. The number of carbonyl (C=O) groups is 2. The molecule has 0 aliphatic heterocycles. The molecule has 5 nitrogen and oxygen atoms in total. The van der Waals surface area contributed by atoms with Gasteiger partial charge < -0.3 is 11.1 Å². The average Bonchev–Trinajstić information content (AvgIpc) is 2.27. The predicted octanol–water partition coefficient (Wildman–Crippen LogP) is 0.483. The molecule has 0 bridgehead atoms. The third-order valence-corrected chi connectivity index (χ3v) is 2.48.